The Morgan fingerprint density at radius 3 is 2.40 bits per heavy atom. The molecule has 0 aliphatic carbocycles. The van der Waals surface area contributed by atoms with E-state index in [9.17, 15) is 0 Å². The largest absolute Gasteiger partial charge is 0.493 e. The van der Waals surface area contributed by atoms with Crippen LogP contribution in [0.3, 0.4) is 0 Å². The van der Waals surface area contributed by atoms with E-state index in [1.54, 1.807) is 27.5 Å². The topological polar surface area (TPSA) is 64.6 Å². The number of rotatable bonds is 10. The number of nitrogens with one attached hydrogen (secondary N) is 2. The first-order valence-corrected chi connectivity index (χ1v) is 10.2. The van der Waals surface area contributed by atoms with Crippen LogP contribution in [0.5, 0.6) is 17.2 Å². The fourth-order valence-corrected chi connectivity index (χ4v) is 3.54. The number of nitrogens with zero attached hydrogens (tertiary/aromatic N) is 1. The first-order chi connectivity index (χ1) is 14.5. The molecule has 0 aliphatic heterocycles. The van der Waals surface area contributed by atoms with Gasteiger partial charge in [0.1, 0.15) is 0 Å². The van der Waals surface area contributed by atoms with Gasteiger partial charge in [-0.25, -0.2) is 0 Å². The van der Waals surface area contributed by atoms with E-state index >= 15 is 0 Å². The predicted molar refractivity (Wildman–Crippen MR) is 122 cm³/mol. The van der Waals surface area contributed by atoms with Crippen LogP contribution in [0.2, 0.25) is 5.02 Å². The van der Waals surface area contributed by atoms with Crippen LogP contribution in [0.1, 0.15) is 18.9 Å². The average Bonchev–Trinajstić information content (AvgIpc) is 2.75. The number of fused-ring (bicyclic) bond motifs is 1. The fraction of sp³-hybridized carbons (Fsp3) is 0.348. The van der Waals surface area contributed by atoms with Crippen LogP contribution in [0.25, 0.3) is 10.9 Å². The molecule has 6 nitrogen and oxygen atoms in total. The smallest absolute Gasteiger partial charge is 0.203 e. The molecule has 1 unspecified atom stereocenters. The molecule has 0 fully saturated rings. The summed E-state index contributed by atoms with van der Waals surface area (Å²) in [7, 11) is 4.85. The quantitative estimate of drug-likeness (QED) is 0.447. The van der Waals surface area contributed by atoms with Crippen LogP contribution >= 0.6 is 11.6 Å². The lowest BCUT2D eigenvalue weighted by Crippen LogP contribution is -2.23. The summed E-state index contributed by atoms with van der Waals surface area (Å²) in [4.78, 5) is 4.39. The highest BCUT2D eigenvalue weighted by Gasteiger charge is 2.13. The minimum absolute atomic E-state index is 0.290. The SMILES string of the molecule is COc1cc(CNCCC(C)Nc2ccnc3cc(Cl)ccc23)cc(OC)c1OC. The third-order valence-electron chi connectivity index (χ3n) is 4.91. The normalized spacial score (nSPS) is 11.9. The Hall–Kier alpha value is -2.70. The number of methoxy groups -OCH3 is 3. The zero-order valence-electron chi connectivity index (χ0n) is 17.8. The maximum absolute atomic E-state index is 6.08. The second-order valence-electron chi connectivity index (χ2n) is 7.06. The molecule has 0 saturated carbocycles. The molecule has 0 saturated heterocycles. The third-order valence-corrected chi connectivity index (χ3v) is 5.15. The van der Waals surface area contributed by atoms with E-state index in [0.717, 1.165) is 35.1 Å². The van der Waals surface area contributed by atoms with Gasteiger partial charge >= 0.3 is 0 Å². The van der Waals surface area contributed by atoms with Gasteiger partial charge in [0.05, 0.1) is 26.8 Å². The van der Waals surface area contributed by atoms with Crippen molar-refractivity contribution in [3.63, 3.8) is 0 Å². The molecule has 7 heteroatoms. The summed E-state index contributed by atoms with van der Waals surface area (Å²) in [6.07, 6.45) is 2.76. The van der Waals surface area contributed by atoms with Gasteiger partial charge in [0.2, 0.25) is 5.75 Å². The molecule has 1 atom stereocenters. The summed E-state index contributed by atoms with van der Waals surface area (Å²) >= 11 is 6.08. The molecule has 0 bridgehead atoms. The van der Waals surface area contributed by atoms with E-state index in [0.29, 0.717) is 34.9 Å². The summed E-state index contributed by atoms with van der Waals surface area (Å²) < 4.78 is 16.2. The lowest BCUT2D eigenvalue weighted by atomic mass is 10.1. The number of pyridine rings is 1. The van der Waals surface area contributed by atoms with Gasteiger partial charge < -0.3 is 24.8 Å². The van der Waals surface area contributed by atoms with E-state index in [1.807, 2.05) is 36.4 Å². The van der Waals surface area contributed by atoms with Crippen LogP contribution in [0.15, 0.2) is 42.6 Å². The van der Waals surface area contributed by atoms with Crippen molar-refractivity contribution in [2.75, 3.05) is 33.2 Å². The van der Waals surface area contributed by atoms with Gasteiger partial charge in [-0.2, -0.15) is 0 Å². The van der Waals surface area contributed by atoms with Crippen molar-refractivity contribution in [2.24, 2.45) is 0 Å². The molecular weight excluding hydrogens is 402 g/mol. The van der Waals surface area contributed by atoms with Crippen LogP contribution in [-0.2, 0) is 6.54 Å². The van der Waals surface area contributed by atoms with E-state index in [-0.39, 0.29) is 0 Å². The molecule has 3 aromatic rings. The molecule has 160 valence electrons. The lowest BCUT2D eigenvalue weighted by Gasteiger charge is -2.18. The zero-order chi connectivity index (χ0) is 21.5. The maximum Gasteiger partial charge on any atom is 0.203 e. The average molecular weight is 430 g/mol. The first-order valence-electron chi connectivity index (χ1n) is 9.86. The van der Waals surface area contributed by atoms with Crippen molar-refractivity contribution in [3.05, 3.63) is 53.2 Å². The molecule has 0 spiro atoms. The summed E-state index contributed by atoms with van der Waals surface area (Å²) in [6, 6.07) is 12.0. The fourth-order valence-electron chi connectivity index (χ4n) is 3.37. The van der Waals surface area contributed by atoms with Crippen LogP contribution in [-0.4, -0.2) is 38.9 Å². The molecule has 0 radical (unpaired) electrons. The van der Waals surface area contributed by atoms with E-state index in [1.165, 1.54) is 0 Å². The van der Waals surface area contributed by atoms with Crippen LogP contribution in [0, 0.1) is 0 Å². The molecular formula is C23H28ClN3O3. The van der Waals surface area contributed by atoms with Crippen molar-refractivity contribution in [1.29, 1.82) is 0 Å². The molecule has 30 heavy (non-hydrogen) atoms. The maximum atomic E-state index is 6.08. The Balaban J connectivity index is 1.55. The molecule has 0 amide bonds. The highest BCUT2D eigenvalue weighted by Crippen LogP contribution is 2.38. The molecule has 2 N–H and O–H groups in total. The van der Waals surface area contributed by atoms with Crippen molar-refractivity contribution < 1.29 is 14.2 Å². The van der Waals surface area contributed by atoms with Crippen molar-refractivity contribution in [3.8, 4) is 17.2 Å². The van der Waals surface area contributed by atoms with Gasteiger partial charge in [-0.05, 0) is 61.9 Å². The number of halogens is 1. The lowest BCUT2D eigenvalue weighted by molar-refractivity contribution is 0.323. The number of anilines is 1. The molecule has 3 rings (SSSR count). The van der Waals surface area contributed by atoms with Gasteiger partial charge in [-0.3, -0.25) is 4.98 Å². The Kier molecular flexibility index (Phi) is 7.60. The number of benzene rings is 2. The highest BCUT2D eigenvalue weighted by molar-refractivity contribution is 6.31. The van der Waals surface area contributed by atoms with Gasteiger partial charge in [0.25, 0.3) is 0 Å². The summed E-state index contributed by atoms with van der Waals surface area (Å²) in [5, 5.41) is 8.82. The number of hydrogen-bond acceptors (Lipinski definition) is 6. The number of aromatic nitrogens is 1. The van der Waals surface area contributed by atoms with Crippen molar-refractivity contribution >= 4 is 28.2 Å². The van der Waals surface area contributed by atoms with Crippen LogP contribution < -0.4 is 24.8 Å². The van der Waals surface area contributed by atoms with Gasteiger partial charge in [0, 0.05) is 34.9 Å². The van der Waals surface area contributed by atoms with Gasteiger partial charge in [-0.15, -0.1) is 0 Å². The molecule has 2 aromatic carbocycles. The van der Waals surface area contributed by atoms with Gasteiger partial charge in [0.15, 0.2) is 11.5 Å². The Labute approximate surface area is 182 Å². The molecule has 1 heterocycles. The highest BCUT2D eigenvalue weighted by atomic mass is 35.5. The van der Waals surface area contributed by atoms with Crippen molar-refractivity contribution in [2.45, 2.75) is 25.9 Å². The second-order valence-corrected chi connectivity index (χ2v) is 7.50. The first kappa shape index (κ1) is 22.0. The minimum atomic E-state index is 0.290. The third kappa shape index (κ3) is 5.26. The van der Waals surface area contributed by atoms with E-state index in [2.05, 4.69) is 22.5 Å². The minimum Gasteiger partial charge on any atom is -0.493 e. The summed E-state index contributed by atoms with van der Waals surface area (Å²) in [5.74, 6) is 1.93. The Morgan fingerprint density at radius 2 is 1.73 bits per heavy atom. The van der Waals surface area contributed by atoms with E-state index < -0.39 is 0 Å². The summed E-state index contributed by atoms with van der Waals surface area (Å²) in [5.41, 5.74) is 3.02. The van der Waals surface area contributed by atoms with Gasteiger partial charge in [-0.1, -0.05) is 11.6 Å². The molecule has 1 aromatic heterocycles. The zero-order valence-corrected chi connectivity index (χ0v) is 18.5. The predicted octanol–water partition coefficient (Wildman–Crippen LogP) is 4.89. The molecule has 0 aliphatic rings. The Bertz CT molecular complexity index is 972. The van der Waals surface area contributed by atoms with Crippen LogP contribution in [0.4, 0.5) is 5.69 Å². The van der Waals surface area contributed by atoms with E-state index in [4.69, 9.17) is 25.8 Å². The number of hydrogen-bond donors (Lipinski definition) is 2. The summed E-state index contributed by atoms with van der Waals surface area (Å²) in [6.45, 7) is 3.74. The Morgan fingerprint density at radius 1 is 1.00 bits per heavy atom. The standard InChI is InChI=1S/C23H28ClN3O3/c1-15(27-19-8-10-26-20-13-17(24)5-6-18(19)20)7-9-25-14-16-11-21(28-2)23(30-4)22(12-16)29-3/h5-6,8,10-13,15,25H,7,9,14H2,1-4H3,(H,26,27). The van der Waals surface area contributed by atoms with Crippen molar-refractivity contribution in [1.82, 2.24) is 10.3 Å². The second kappa shape index (κ2) is 10.4. The monoisotopic (exact) mass is 429 g/mol. The number of ether oxygens (including phenoxy) is 3.